The lowest BCUT2D eigenvalue weighted by Crippen LogP contribution is -2.25. The molecule has 0 radical (unpaired) electrons. The second-order valence-electron chi connectivity index (χ2n) is 3.67. The predicted octanol–water partition coefficient (Wildman–Crippen LogP) is 2.30. The van der Waals surface area contributed by atoms with E-state index in [0.29, 0.717) is 24.5 Å². The van der Waals surface area contributed by atoms with E-state index in [1.165, 1.54) is 0 Å². The summed E-state index contributed by atoms with van der Waals surface area (Å²) < 4.78 is 10.8. The molecule has 15 heavy (non-hydrogen) atoms. The Morgan fingerprint density at radius 3 is 3.07 bits per heavy atom. The Balaban J connectivity index is 2.37. The Morgan fingerprint density at radius 1 is 1.53 bits per heavy atom. The number of Topliss-reactive ketones (excluding diaryl/α,β-unsaturated/α-hetero) is 1. The topological polar surface area (TPSA) is 35.5 Å². The van der Waals surface area contributed by atoms with Gasteiger partial charge in [-0.2, -0.15) is 0 Å². The van der Waals surface area contributed by atoms with Crippen molar-refractivity contribution in [3.63, 3.8) is 0 Å². The van der Waals surface area contributed by atoms with Crippen molar-refractivity contribution in [2.45, 2.75) is 13.8 Å². The summed E-state index contributed by atoms with van der Waals surface area (Å²) in [4.78, 5) is 11.8. The highest BCUT2D eigenvalue weighted by Crippen LogP contribution is 2.30. The first-order chi connectivity index (χ1) is 7.22. The fourth-order valence-electron chi connectivity index (χ4n) is 1.64. The summed E-state index contributed by atoms with van der Waals surface area (Å²) in [6, 6.07) is 5.38. The molecule has 1 aliphatic rings. The van der Waals surface area contributed by atoms with Gasteiger partial charge in [-0.25, -0.2) is 0 Å². The van der Waals surface area contributed by atoms with Gasteiger partial charge in [0, 0.05) is 0 Å². The summed E-state index contributed by atoms with van der Waals surface area (Å²) in [6.07, 6.45) is 0. The quantitative estimate of drug-likeness (QED) is 0.744. The number of benzene rings is 1. The Kier molecular flexibility index (Phi) is 2.62. The molecule has 1 unspecified atom stereocenters. The zero-order valence-electron chi connectivity index (χ0n) is 8.95. The van der Waals surface area contributed by atoms with Gasteiger partial charge in [-0.15, -0.1) is 0 Å². The van der Waals surface area contributed by atoms with Crippen LogP contribution in [-0.2, 0) is 0 Å². The molecule has 0 saturated heterocycles. The Bertz CT molecular complexity index is 384. The highest BCUT2D eigenvalue weighted by Gasteiger charge is 2.25. The lowest BCUT2D eigenvalue weighted by molar-refractivity contribution is 0.0848. The van der Waals surface area contributed by atoms with Gasteiger partial charge < -0.3 is 9.47 Å². The first-order valence-electron chi connectivity index (χ1n) is 5.16. The minimum Gasteiger partial charge on any atom is -0.494 e. The third-order valence-corrected chi connectivity index (χ3v) is 2.46. The highest BCUT2D eigenvalue weighted by molar-refractivity contribution is 6.01. The van der Waals surface area contributed by atoms with Crippen LogP contribution < -0.4 is 9.47 Å². The molecule has 1 aromatic carbocycles. The minimum atomic E-state index is -0.0608. The number of hydrogen-bond acceptors (Lipinski definition) is 3. The van der Waals surface area contributed by atoms with E-state index in [1.807, 2.05) is 19.9 Å². The number of hydrogen-bond donors (Lipinski definition) is 0. The molecule has 0 aliphatic carbocycles. The van der Waals surface area contributed by atoms with Crippen LogP contribution in [0.3, 0.4) is 0 Å². The van der Waals surface area contributed by atoms with Crippen LogP contribution in [0.25, 0.3) is 0 Å². The molecule has 1 aliphatic heterocycles. The zero-order chi connectivity index (χ0) is 10.8. The van der Waals surface area contributed by atoms with Crippen molar-refractivity contribution in [3.8, 4) is 11.5 Å². The molecule has 80 valence electrons. The number of fused-ring (bicyclic) bond motifs is 1. The predicted molar refractivity (Wildman–Crippen MR) is 56.6 cm³/mol. The zero-order valence-corrected chi connectivity index (χ0v) is 8.95. The van der Waals surface area contributed by atoms with Gasteiger partial charge in [-0.3, -0.25) is 4.79 Å². The van der Waals surface area contributed by atoms with Gasteiger partial charge in [0.25, 0.3) is 0 Å². The Morgan fingerprint density at radius 2 is 2.33 bits per heavy atom. The third-order valence-electron chi connectivity index (χ3n) is 2.46. The fraction of sp³-hybridized carbons (Fsp3) is 0.417. The van der Waals surface area contributed by atoms with E-state index in [9.17, 15) is 4.79 Å². The van der Waals surface area contributed by atoms with Gasteiger partial charge in [0.05, 0.1) is 24.7 Å². The van der Waals surface area contributed by atoms with Gasteiger partial charge in [-0.05, 0) is 25.1 Å². The van der Waals surface area contributed by atoms with Crippen molar-refractivity contribution in [1.29, 1.82) is 0 Å². The summed E-state index contributed by atoms with van der Waals surface area (Å²) >= 11 is 0. The van der Waals surface area contributed by atoms with E-state index < -0.39 is 0 Å². The largest absolute Gasteiger partial charge is 0.494 e. The molecule has 1 heterocycles. The summed E-state index contributed by atoms with van der Waals surface area (Å²) in [5.41, 5.74) is 0.639. The fourth-order valence-corrected chi connectivity index (χ4v) is 1.64. The lowest BCUT2D eigenvalue weighted by Gasteiger charge is -2.21. The molecule has 3 nitrogen and oxygen atoms in total. The summed E-state index contributed by atoms with van der Waals surface area (Å²) in [5, 5.41) is 0. The van der Waals surface area contributed by atoms with Crippen molar-refractivity contribution in [3.05, 3.63) is 23.8 Å². The third kappa shape index (κ3) is 1.82. The van der Waals surface area contributed by atoms with E-state index in [-0.39, 0.29) is 11.7 Å². The number of rotatable bonds is 2. The summed E-state index contributed by atoms with van der Waals surface area (Å²) in [5.74, 6) is 1.47. The van der Waals surface area contributed by atoms with Crippen LogP contribution >= 0.6 is 0 Å². The van der Waals surface area contributed by atoms with Gasteiger partial charge in [0.2, 0.25) is 0 Å². The second kappa shape index (κ2) is 3.93. The van der Waals surface area contributed by atoms with Crippen molar-refractivity contribution in [2.24, 2.45) is 5.92 Å². The maximum atomic E-state index is 11.8. The SMILES string of the molecule is CCOc1ccc2c(c1)C(=O)C(C)CO2. The van der Waals surface area contributed by atoms with Crippen LogP contribution in [0.4, 0.5) is 0 Å². The highest BCUT2D eigenvalue weighted by atomic mass is 16.5. The number of ketones is 1. The molecule has 0 N–H and O–H groups in total. The van der Waals surface area contributed by atoms with E-state index in [2.05, 4.69) is 0 Å². The smallest absolute Gasteiger partial charge is 0.172 e. The van der Waals surface area contributed by atoms with E-state index in [1.54, 1.807) is 12.1 Å². The molecule has 0 saturated carbocycles. The van der Waals surface area contributed by atoms with E-state index in [0.717, 1.165) is 5.75 Å². The maximum absolute atomic E-state index is 11.8. The van der Waals surface area contributed by atoms with Gasteiger partial charge in [-0.1, -0.05) is 6.92 Å². The monoisotopic (exact) mass is 206 g/mol. The summed E-state index contributed by atoms with van der Waals surface area (Å²) in [7, 11) is 0. The molecule has 0 fully saturated rings. The van der Waals surface area contributed by atoms with Gasteiger partial charge in [0.15, 0.2) is 5.78 Å². The van der Waals surface area contributed by atoms with Crippen LogP contribution in [-0.4, -0.2) is 19.0 Å². The van der Waals surface area contributed by atoms with E-state index in [4.69, 9.17) is 9.47 Å². The molecule has 1 atom stereocenters. The number of carbonyl (C=O) groups excluding carboxylic acids is 1. The van der Waals surface area contributed by atoms with Crippen LogP contribution in [0.5, 0.6) is 11.5 Å². The van der Waals surface area contributed by atoms with Gasteiger partial charge in [0.1, 0.15) is 11.5 Å². The second-order valence-corrected chi connectivity index (χ2v) is 3.67. The molecule has 1 aromatic rings. The molecule has 3 heteroatoms. The first kappa shape index (κ1) is 10.0. The van der Waals surface area contributed by atoms with Crippen LogP contribution in [0.15, 0.2) is 18.2 Å². The Hall–Kier alpha value is -1.51. The lowest BCUT2D eigenvalue weighted by atomic mass is 9.96. The molecule has 0 spiro atoms. The molecular weight excluding hydrogens is 192 g/mol. The van der Waals surface area contributed by atoms with Crippen LogP contribution in [0.2, 0.25) is 0 Å². The molecule has 0 bridgehead atoms. The molecule has 0 aromatic heterocycles. The van der Waals surface area contributed by atoms with Crippen molar-refractivity contribution in [2.75, 3.05) is 13.2 Å². The van der Waals surface area contributed by atoms with Crippen LogP contribution in [0, 0.1) is 5.92 Å². The van der Waals surface area contributed by atoms with E-state index >= 15 is 0 Å². The van der Waals surface area contributed by atoms with Crippen molar-refractivity contribution >= 4 is 5.78 Å². The Labute approximate surface area is 89.0 Å². The molecule has 2 rings (SSSR count). The number of ether oxygens (including phenoxy) is 2. The van der Waals surface area contributed by atoms with Crippen molar-refractivity contribution in [1.82, 2.24) is 0 Å². The maximum Gasteiger partial charge on any atom is 0.172 e. The van der Waals surface area contributed by atoms with Crippen LogP contribution in [0.1, 0.15) is 24.2 Å². The minimum absolute atomic E-state index is 0.0608. The normalized spacial score (nSPS) is 19.3. The average molecular weight is 206 g/mol. The number of carbonyl (C=O) groups is 1. The molecule has 0 amide bonds. The van der Waals surface area contributed by atoms with Gasteiger partial charge >= 0.3 is 0 Å². The standard InChI is InChI=1S/C12H14O3/c1-3-14-9-4-5-11-10(6-9)12(13)8(2)7-15-11/h4-6,8H,3,7H2,1-2H3. The molecular formula is C12H14O3. The summed E-state index contributed by atoms with van der Waals surface area (Å²) in [6.45, 7) is 4.86. The first-order valence-corrected chi connectivity index (χ1v) is 5.16. The average Bonchev–Trinajstić information content (AvgIpc) is 2.25. The van der Waals surface area contributed by atoms with Crippen molar-refractivity contribution < 1.29 is 14.3 Å².